The lowest BCUT2D eigenvalue weighted by atomic mass is 10.2. The number of carbonyl (C=O) groups excluding carboxylic acids is 2. The molecule has 0 unspecified atom stereocenters. The summed E-state index contributed by atoms with van der Waals surface area (Å²) in [5.41, 5.74) is 4.33. The van der Waals surface area contributed by atoms with Gasteiger partial charge >= 0.3 is 11.8 Å². The number of carbonyl (C=O) groups is 2. The van der Waals surface area contributed by atoms with E-state index < -0.39 is 11.8 Å². The van der Waals surface area contributed by atoms with E-state index in [1.54, 1.807) is 24.3 Å². The van der Waals surface area contributed by atoms with Gasteiger partial charge in [0.1, 0.15) is 0 Å². The van der Waals surface area contributed by atoms with E-state index in [1.165, 1.54) is 6.21 Å². The molecular formula is C20H22ClN3O4. The molecule has 0 aromatic heterocycles. The molecule has 2 aromatic carbocycles. The predicted molar refractivity (Wildman–Crippen MR) is 109 cm³/mol. The Morgan fingerprint density at radius 2 is 1.75 bits per heavy atom. The lowest BCUT2D eigenvalue weighted by molar-refractivity contribution is -0.136. The Labute approximate surface area is 168 Å². The highest BCUT2D eigenvalue weighted by molar-refractivity contribution is 6.39. The summed E-state index contributed by atoms with van der Waals surface area (Å²) in [4.78, 5) is 23.8. The van der Waals surface area contributed by atoms with Crippen molar-refractivity contribution in [2.45, 2.75) is 20.8 Å². The van der Waals surface area contributed by atoms with E-state index in [2.05, 4.69) is 15.8 Å². The van der Waals surface area contributed by atoms with E-state index in [1.807, 2.05) is 32.9 Å². The van der Waals surface area contributed by atoms with Gasteiger partial charge in [-0.3, -0.25) is 9.59 Å². The molecule has 0 fully saturated rings. The minimum Gasteiger partial charge on any atom is -0.490 e. The Morgan fingerprint density at radius 1 is 1.07 bits per heavy atom. The normalized spacial score (nSPS) is 10.6. The van der Waals surface area contributed by atoms with Crippen molar-refractivity contribution in [1.29, 1.82) is 0 Å². The van der Waals surface area contributed by atoms with Crippen LogP contribution in [-0.4, -0.2) is 31.2 Å². The van der Waals surface area contributed by atoms with Crippen molar-refractivity contribution in [1.82, 2.24) is 5.43 Å². The number of benzene rings is 2. The van der Waals surface area contributed by atoms with Crippen molar-refractivity contribution in [3.63, 3.8) is 0 Å². The lowest BCUT2D eigenvalue weighted by Crippen LogP contribution is -2.32. The maximum Gasteiger partial charge on any atom is 0.329 e. The molecule has 0 aliphatic rings. The monoisotopic (exact) mass is 403 g/mol. The quantitative estimate of drug-likeness (QED) is 0.420. The molecule has 0 bridgehead atoms. The van der Waals surface area contributed by atoms with Gasteiger partial charge in [-0.05, 0) is 50.6 Å². The van der Waals surface area contributed by atoms with Gasteiger partial charge in [-0.15, -0.1) is 0 Å². The topological polar surface area (TPSA) is 89.0 Å². The van der Waals surface area contributed by atoms with Crippen molar-refractivity contribution < 1.29 is 19.1 Å². The van der Waals surface area contributed by atoms with E-state index in [9.17, 15) is 9.59 Å². The number of nitrogens with zero attached hydrogens (tertiary/aromatic N) is 1. The van der Waals surface area contributed by atoms with Crippen LogP contribution >= 0.6 is 11.6 Å². The highest BCUT2D eigenvalue weighted by atomic mass is 35.5. The molecule has 0 radical (unpaired) electrons. The van der Waals surface area contributed by atoms with E-state index in [0.717, 1.165) is 5.56 Å². The zero-order chi connectivity index (χ0) is 20.5. The smallest absolute Gasteiger partial charge is 0.329 e. The highest BCUT2D eigenvalue weighted by Crippen LogP contribution is 2.36. The lowest BCUT2D eigenvalue weighted by Gasteiger charge is -2.13. The van der Waals surface area contributed by atoms with Gasteiger partial charge in [0, 0.05) is 5.69 Å². The largest absolute Gasteiger partial charge is 0.490 e. The zero-order valence-corrected chi connectivity index (χ0v) is 16.7. The van der Waals surface area contributed by atoms with Gasteiger partial charge in [0.05, 0.1) is 24.5 Å². The molecular weight excluding hydrogens is 382 g/mol. The van der Waals surface area contributed by atoms with Crippen molar-refractivity contribution >= 4 is 35.3 Å². The molecule has 0 aliphatic heterocycles. The number of hydrogen-bond donors (Lipinski definition) is 2. The second-order valence-electron chi connectivity index (χ2n) is 5.72. The molecule has 148 valence electrons. The Hall–Kier alpha value is -3.06. The summed E-state index contributed by atoms with van der Waals surface area (Å²) >= 11 is 6.22. The van der Waals surface area contributed by atoms with Crippen LogP contribution in [0.4, 0.5) is 5.69 Å². The Kier molecular flexibility index (Phi) is 7.83. The predicted octanol–water partition coefficient (Wildman–Crippen LogP) is 3.53. The first-order valence-electron chi connectivity index (χ1n) is 8.74. The van der Waals surface area contributed by atoms with Crippen molar-refractivity contribution in [3.8, 4) is 11.5 Å². The minimum atomic E-state index is -0.890. The van der Waals surface area contributed by atoms with Crippen molar-refractivity contribution in [3.05, 3.63) is 52.5 Å². The molecule has 0 saturated carbocycles. The highest BCUT2D eigenvalue weighted by Gasteiger charge is 2.14. The maximum atomic E-state index is 11.9. The SMILES string of the molecule is CCOc1cc(/C=N\NC(=O)C(=O)Nc2ccc(C)cc2)cc(Cl)c1OCC. The fourth-order valence-corrected chi connectivity index (χ4v) is 2.52. The van der Waals surface area contributed by atoms with Gasteiger partial charge in [0.2, 0.25) is 0 Å². The van der Waals surface area contributed by atoms with E-state index in [4.69, 9.17) is 21.1 Å². The maximum absolute atomic E-state index is 11.9. The molecule has 0 heterocycles. The third-order valence-electron chi connectivity index (χ3n) is 3.52. The van der Waals surface area contributed by atoms with E-state index in [0.29, 0.717) is 41.0 Å². The van der Waals surface area contributed by atoms with Gasteiger partial charge < -0.3 is 14.8 Å². The molecule has 2 N–H and O–H groups in total. The number of nitrogens with one attached hydrogen (secondary N) is 2. The molecule has 0 aliphatic carbocycles. The minimum absolute atomic E-state index is 0.359. The number of rotatable bonds is 7. The fourth-order valence-electron chi connectivity index (χ4n) is 2.25. The average molecular weight is 404 g/mol. The summed E-state index contributed by atoms with van der Waals surface area (Å²) in [5.74, 6) is -0.786. The van der Waals surface area contributed by atoms with Crippen LogP contribution in [0.15, 0.2) is 41.5 Å². The van der Waals surface area contributed by atoms with Gasteiger partial charge in [0.25, 0.3) is 0 Å². The summed E-state index contributed by atoms with van der Waals surface area (Å²) in [7, 11) is 0. The Bertz CT molecular complexity index is 866. The Morgan fingerprint density at radius 3 is 2.39 bits per heavy atom. The van der Waals surface area contributed by atoms with E-state index in [-0.39, 0.29) is 0 Å². The number of anilines is 1. The number of hydrogen-bond acceptors (Lipinski definition) is 5. The van der Waals surface area contributed by atoms with Gasteiger partial charge in [-0.25, -0.2) is 5.43 Å². The number of amides is 2. The van der Waals surface area contributed by atoms with Crippen LogP contribution in [-0.2, 0) is 9.59 Å². The number of ether oxygens (including phenoxy) is 2. The molecule has 8 heteroatoms. The van der Waals surface area contributed by atoms with Crippen LogP contribution < -0.4 is 20.2 Å². The van der Waals surface area contributed by atoms with Gasteiger partial charge in [-0.1, -0.05) is 29.3 Å². The third kappa shape index (κ3) is 5.99. The number of aryl methyl sites for hydroxylation is 1. The first-order valence-corrected chi connectivity index (χ1v) is 9.12. The summed E-state index contributed by atoms with van der Waals surface area (Å²) < 4.78 is 11.0. The van der Waals surface area contributed by atoms with Crippen molar-refractivity contribution in [2.24, 2.45) is 5.10 Å². The van der Waals surface area contributed by atoms with Crippen LogP contribution in [0, 0.1) is 6.92 Å². The third-order valence-corrected chi connectivity index (χ3v) is 3.80. The summed E-state index contributed by atoms with van der Waals surface area (Å²) in [6, 6.07) is 10.4. The van der Waals surface area contributed by atoms with Crippen LogP contribution in [0.2, 0.25) is 5.02 Å². The second-order valence-corrected chi connectivity index (χ2v) is 6.12. The molecule has 0 atom stereocenters. The first kappa shape index (κ1) is 21.2. The standard InChI is InChI=1S/C20H22ClN3O4/c1-4-27-17-11-14(10-16(21)18(17)28-5-2)12-22-24-20(26)19(25)23-15-8-6-13(3)7-9-15/h6-12H,4-5H2,1-3H3,(H,23,25)(H,24,26)/b22-12-. The summed E-state index contributed by atoms with van der Waals surface area (Å²) in [6.07, 6.45) is 1.36. The molecule has 7 nitrogen and oxygen atoms in total. The second kappa shape index (κ2) is 10.3. The summed E-state index contributed by atoms with van der Waals surface area (Å²) in [6.45, 7) is 6.50. The van der Waals surface area contributed by atoms with Crippen LogP contribution in [0.3, 0.4) is 0 Å². The van der Waals surface area contributed by atoms with Crippen LogP contribution in [0.5, 0.6) is 11.5 Å². The molecule has 28 heavy (non-hydrogen) atoms. The van der Waals surface area contributed by atoms with E-state index >= 15 is 0 Å². The van der Waals surface area contributed by atoms with Gasteiger partial charge in [-0.2, -0.15) is 5.10 Å². The molecule has 2 rings (SSSR count). The number of halogens is 1. The first-order chi connectivity index (χ1) is 13.4. The van der Waals surface area contributed by atoms with Gasteiger partial charge in [0.15, 0.2) is 11.5 Å². The average Bonchev–Trinajstić information content (AvgIpc) is 2.66. The molecule has 2 aromatic rings. The number of hydrazone groups is 1. The molecule has 0 saturated heterocycles. The fraction of sp³-hybridized carbons (Fsp3) is 0.250. The molecule has 2 amide bonds. The van der Waals surface area contributed by atoms with Crippen LogP contribution in [0.1, 0.15) is 25.0 Å². The van der Waals surface area contributed by atoms with Crippen LogP contribution in [0.25, 0.3) is 0 Å². The zero-order valence-electron chi connectivity index (χ0n) is 15.9. The molecule has 0 spiro atoms. The Balaban J connectivity index is 2.01. The summed E-state index contributed by atoms with van der Waals surface area (Å²) in [5, 5.41) is 6.65. The van der Waals surface area contributed by atoms with Crippen molar-refractivity contribution in [2.75, 3.05) is 18.5 Å².